The number of hydrogen-bond acceptors (Lipinski definition) is 4. The monoisotopic (exact) mass is 470 g/mol. The van der Waals surface area contributed by atoms with Gasteiger partial charge in [-0.3, -0.25) is 4.79 Å². The molecule has 182 valence electrons. The quantitative estimate of drug-likeness (QED) is 0.475. The Morgan fingerprint density at radius 2 is 1.80 bits per heavy atom. The number of benzene rings is 2. The van der Waals surface area contributed by atoms with Crippen LogP contribution < -0.4 is 5.32 Å². The Labute approximate surface area is 207 Å². The Bertz CT molecular complexity index is 1100. The third-order valence-electron chi connectivity index (χ3n) is 7.79. The van der Waals surface area contributed by atoms with Gasteiger partial charge in [-0.1, -0.05) is 61.7 Å². The average molecular weight is 471 g/mol. The lowest BCUT2D eigenvalue weighted by Crippen LogP contribution is -2.55. The number of aldehydes is 1. The normalized spacial score (nSPS) is 22.9. The molecule has 1 amide bonds. The molecule has 2 fully saturated rings. The van der Waals surface area contributed by atoms with Crippen molar-refractivity contribution in [3.8, 4) is 11.1 Å². The molecule has 1 saturated heterocycles. The van der Waals surface area contributed by atoms with Crippen LogP contribution in [0.4, 0.5) is 0 Å². The van der Waals surface area contributed by atoms with Gasteiger partial charge in [-0.15, -0.1) is 0 Å². The van der Waals surface area contributed by atoms with Crippen LogP contribution in [0.5, 0.6) is 0 Å². The van der Waals surface area contributed by atoms with E-state index in [4.69, 9.17) is 0 Å². The number of rotatable bonds is 8. The molecule has 5 rings (SSSR count). The van der Waals surface area contributed by atoms with E-state index >= 15 is 0 Å². The largest absolute Gasteiger partial charge is 0.348 e. The van der Waals surface area contributed by atoms with Crippen LogP contribution in [0.2, 0.25) is 0 Å². The van der Waals surface area contributed by atoms with E-state index < -0.39 is 0 Å². The average Bonchev–Trinajstić information content (AvgIpc) is 3.44. The van der Waals surface area contributed by atoms with E-state index in [2.05, 4.69) is 32.3 Å². The lowest BCUT2D eigenvalue weighted by Gasteiger charge is -2.46. The number of likely N-dealkylation sites (tertiary alicyclic amines) is 1. The second-order valence-electron chi connectivity index (χ2n) is 10.0. The lowest BCUT2D eigenvalue weighted by molar-refractivity contribution is -0.109. The van der Waals surface area contributed by atoms with Gasteiger partial charge in [-0.25, -0.2) is 4.98 Å². The lowest BCUT2D eigenvalue weighted by atomic mass is 9.72. The molecule has 1 aliphatic heterocycles. The van der Waals surface area contributed by atoms with E-state index in [1.54, 1.807) is 12.5 Å². The van der Waals surface area contributed by atoms with E-state index in [1.165, 1.54) is 25.7 Å². The van der Waals surface area contributed by atoms with Gasteiger partial charge in [0.05, 0.1) is 12.4 Å². The van der Waals surface area contributed by atoms with Gasteiger partial charge in [0.2, 0.25) is 0 Å². The van der Waals surface area contributed by atoms with Crippen LogP contribution in [0, 0.1) is 11.8 Å². The van der Waals surface area contributed by atoms with E-state index in [9.17, 15) is 9.59 Å². The number of H-pyrrole nitrogens is 1. The first-order valence-corrected chi connectivity index (χ1v) is 12.8. The highest BCUT2D eigenvalue weighted by Crippen LogP contribution is 2.39. The van der Waals surface area contributed by atoms with E-state index in [-0.39, 0.29) is 18.0 Å². The Morgan fingerprint density at radius 3 is 2.51 bits per heavy atom. The molecular weight excluding hydrogens is 436 g/mol. The molecule has 6 nitrogen and oxygen atoms in total. The second-order valence-corrected chi connectivity index (χ2v) is 10.0. The maximum Gasteiger partial charge on any atom is 0.254 e. The Kier molecular flexibility index (Phi) is 7.38. The molecule has 0 bridgehead atoms. The summed E-state index contributed by atoms with van der Waals surface area (Å²) in [6.07, 6.45) is 10.9. The van der Waals surface area contributed by atoms with Crippen molar-refractivity contribution < 1.29 is 9.59 Å². The third-order valence-corrected chi connectivity index (χ3v) is 7.79. The summed E-state index contributed by atoms with van der Waals surface area (Å²) in [6.45, 7) is 1.43. The summed E-state index contributed by atoms with van der Waals surface area (Å²) in [5.41, 5.74) is 3.91. The van der Waals surface area contributed by atoms with Crippen molar-refractivity contribution in [3.63, 3.8) is 0 Å². The molecule has 2 heterocycles. The van der Waals surface area contributed by atoms with Gasteiger partial charge >= 0.3 is 0 Å². The molecule has 2 aliphatic rings. The fourth-order valence-electron chi connectivity index (χ4n) is 5.85. The molecule has 6 heteroatoms. The fourth-order valence-corrected chi connectivity index (χ4v) is 5.85. The van der Waals surface area contributed by atoms with Gasteiger partial charge in [-0.05, 0) is 47.9 Å². The van der Waals surface area contributed by atoms with Gasteiger partial charge in [0.1, 0.15) is 6.29 Å². The van der Waals surface area contributed by atoms with Gasteiger partial charge < -0.3 is 20.0 Å². The van der Waals surface area contributed by atoms with Crippen molar-refractivity contribution in [1.29, 1.82) is 0 Å². The zero-order chi connectivity index (χ0) is 24.0. The minimum Gasteiger partial charge on any atom is -0.348 e. The smallest absolute Gasteiger partial charge is 0.254 e. The van der Waals surface area contributed by atoms with Crippen molar-refractivity contribution >= 4 is 12.2 Å². The molecular formula is C29H34N4O2. The molecule has 1 aliphatic carbocycles. The molecule has 4 unspecified atom stereocenters. The molecule has 35 heavy (non-hydrogen) atoms. The second kappa shape index (κ2) is 11.0. The molecule has 0 radical (unpaired) electrons. The summed E-state index contributed by atoms with van der Waals surface area (Å²) >= 11 is 0. The Morgan fingerprint density at radius 1 is 1.06 bits per heavy atom. The van der Waals surface area contributed by atoms with Crippen molar-refractivity contribution in [2.45, 2.75) is 50.6 Å². The van der Waals surface area contributed by atoms with Crippen molar-refractivity contribution in [3.05, 3.63) is 78.4 Å². The van der Waals surface area contributed by atoms with Crippen LogP contribution >= 0.6 is 0 Å². The summed E-state index contributed by atoms with van der Waals surface area (Å²) in [6, 6.07) is 18.0. The predicted molar refractivity (Wildman–Crippen MR) is 137 cm³/mol. The Hall–Kier alpha value is -3.25. The predicted octanol–water partition coefficient (Wildman–Crippen LogP) is 4.50. The number of imidazole rings is 1. The summed E-state index contributed by atoms with van der Waals surface area (Å²) < 4.78 is 0. The first-order chi connectivity index (χ1) is 17.2. The number of nitrogens with zero attached hydrogens (tertiary/aromatic N) is 2. The first kappa shape index (κ1) is 23.5. The number of carbonyl (C=O) groups is 2. The van der Waals surface area contributed by atoms with Gasteiger partial charge in [0.25, 0.3) is 5.91 Å². The molecule has 4 atom stereocenters. The summed E-state index contributed by atoms with van der Waals surface area (Å²) in [4.78, 5) is 34.7. The molecule has 1 aromatic heterocycles. The minimum atomic E-state index is -0.304. The number of hydrogen-bond donors (Lipinski definition) is 2. The number of fused-ring (bicyclic) bond motifs is 1. The van der Waals surface area contributed by atoms with E-state index in [1.807, 2.05) is 42.5 Å². The summed E-state index contributed by atoms with van der Waals surface area (Å²) in [7, 11) is 0. The summed E-state index contributed by atoms with van der Waals surface area (Å²) in [5.74, 6) is 1.35. The van der Waals surface area contributed by atoms with Gasteiger partial charge in [-0.2, -0.15) is 0 Å². The van der Waals surface area contributed by atoms with Crippen molar-refractivity contribution in [2.75, 3.05) is 13.1 Å². The SMILES string of the molecule is O=CC(Cc1cnc[nH]1)NCC1CC2CCCCC2CN1C(=O)c1ccc(-c2ccccc2)cc1. The van der Waals surface area contributed by atoms with Crippen LogP contribution in [0.3, 0.4) is 0 Å². The van der Waals surface area contributed by atoms with Crippen LogP contribution in [0.15, 0.2) is 67.1 Å². The molecule has 3 aromatic rings. The van der Waals surface area contributed by atoms with Crippen LogP contribution in [-0.2, 0) is 11.2 Å². The zero-order valence-corrected chi connectivity index (χ0v) is 20.1. The van der Waals surface area contributed by atoms with Crippen LogP contribution in [0.1, 0.15) is 48.2 Å². The van der Waals surface area contributed by atoms with Crippen LogP contribution in [-0.4, -0.2) is 52.2 Å². The third kappa shape index (κ3) is 5.54. The van der Waals surface area contributed by atoms with E-state index in [0.29, 0.717) is 24.8 Å². The highest BCUT2D eigenvalue weighted by Gasteiger charge is 2.39. The number of nitrogens with one attached hydrogen (secondary N) is 2. The fraction of sp³-hybridized carbons (Fsp3) is 0.414. The molecule has 2 N–H and O–H groups in total. The zero-order valence-electron chi connectivity index (χ0n) is 20.1. The van der Waals surface area contributed by atoms with Gasteiger partial charge in [0, 0.05) is 43.0 Å². The highest BCUT2D eigenvalue weighted by molar-refractivity contribution is 5.95. The minimum absolute atomic E-state index is 0.0832. The van der Waals surface area contributed by atoms with E-state index in [0.717, 1.165) is 41.6 Å². The van der Waals surface area contributed by atoms with Crippen molar-refractivity contribution in [2.24, 2.45) is 11.8 Å². The number of piperidine rings is 1. The highest BCUT2D eigenvalue weighted by atomic mass is 16.2. The molecule has 0 spiro atoms. The number of aromatic nitrogens is 2. The number of carbonyl (C=O) groups excluding carboxylic acids is 2. The number of amides is 1. The van der Waals surface area contributed by atoms with Crippen molar-refractivity contribution in [1.82, 2.24) is 20.2 Å². The van der Waals surface area contributed by atoms with Crippen LogP contribution in [0.25, 0.3) is 11.1 Å². The first-order valence-electron chi connectivity index (χ1n) is 12.8. The number of aromatic amines is 1. The maximum atomic E-state index is 13.7. The van der Waals surface area contributed by atoms with Gasteiger partial charge in [0.15, 0.2) is 0 Å². The topological polar surface area (TPSA) is 78.1 Å². The molecule has 2 aromatic carbocycles. The standard InChI is InChI=1S/C29H34N4O2/c34-19-27(15-26-16-30-20-32-26)31-17-28-14-24-8-4-5-9-25(24)18-33(28)29(35)23-12-10-22(11-13-23)21-6-2-1-3-7-21/h1-3,6-7,10-13,16,19-20,24-25,27-28,31H,4-5,8-9,14-15,17-18H2,(H,30,32). The summed E-state index contributed by atoms with van der Waals surface area (Å²) in [5, 5.41) is 3.43. The molecule has 1 saturated carbocycles. The Balaban J connectivity index is 1.31. The maximum absolute atomic E-state index is 13.7.